The van der Waals surface area contributed by atoms with E-state index in [1.165, 1.54) is 18.2 Å². The minimum Gasteiger partial charge on any atom is -0.366 e. The standard InChI is InChI=1S/C23H21Cl2N3O2/c1-23(2,3)28(22(30)16-9-7-14(21(26)29)12-19(16)25)15-8-10-18(24)17(13-15)20-6-4-5-11-27-20/h4-13H,1-3H3,(H2,26,29). The maximum Gasteiger partial charge on any atom is 0.260 e. The molecule has 154 valence electrons. The molecule has 0 fully saturated rings. The summed E-state index contributed by atoms with van der Waals surface area (Å²) in [6.07, 6.45) is 1.69. The van der Waals surface area contributed by atoms with Gasteiger partial charge in [0.05, 0.1) is 21.3 Å². The summed E-state index contributed by atoms with van der Waals surface area (Å²) in [5.41, 5.74) is 7.30. The summed E-state index contributed by atoms with van der Waals surface area (Å²) in [5.74, 6) is -0.918. The monoisotopic (exact) mass is 441 g/mol. The number of carbonyl (C=O) groups excluding carboxylic acids is 2. The average Bonchev–Trinajstić information content (AvgIpc) is 2.68. The third-order valence-electron chi connectivity index (χ3n) is 4.51. The second-order valence-electron chi connectivity index (χ2n) is 7.75. The molecule has 1 aromatic heterocycles. The molecule has 0 aliphatic rings. The SMILES string of the molecule is CC(C)(C)N(C(=O)c1ccc(C(N)=O)cc1Cl)c1ccc(Cl)c(-c2ccccn2)c1. The molecule has 0 aliphatic heterocycles. The predicted molar refractivity (Wildman–Crippen MR) is 121 cm³/mol. The van der Waals surface area contributed by atoms with Crippen LogP contribution in [0.1, 0.15) is 41.5 Å². The molecule has 2 aromatic carbocycles. The van der Waals surface area contributed by atoms with Crippen LogP contribution in [0, 0.1) is 0 Å². The highest BCUT2D eigenvalue weighted by molar-refractivity contribution is 6.35. The van der Waals surface area contributed by atoms with E-state index in [0.717, 1.165) is 0 Å². The number of anilines is 1. The van der Waals surface area contributed by atoms with Gasteiger partial charge in [0.15, 0.2) is 0 Å². The number of amides is 2. The predicted octanol–water partition coefficient (Wildman–Crippen LogP) is 5.60. The van der Waals surface area contributed by atoms with Gasteiger partial charge in [-0.2, -0.15) is 0 Å². The summed E-state index contributed by atoms with van der Waals surface area (Å²) in [4.78, 5) is 30.9. The smallest absolute Gasteiger partial charge is 0.260 e. The van der Waals surface area contributed by atoms with E-state index in [2.05, 4.69) is 4.98 Å². The van der Waals surface area contributed by atoms with E-state index in [9.17, 15) is 9.59 Å². The van der Waals surface area contributed by atoms with Crippen LogP contribution in [0.3, 0.4) is 0 Å². The first kappa shape index (κ1) is 21.8. The van der Waals surface area contributed by atoms with E-state index in [1.807, 2.05) is 45.0 Å². The summed E-state index contributed by atoms with van der Waals surface area (Å²) < 4.78 is 0. The van der Waals surface area contributed by atoms with Crippen molar-refractivity contribution in [1.29, 1.82) is 0 Å². The number of pyridine rings is 1. The van der Waals surface area contributed by atoms with E-state index >= 15 is 0 Å². The Morgan fingerprint density at radius 2 is 1.70 bits per heavy atom. The highest BCUT2D eigenvalue weighted by atomic mass is 35.5. The van der Waals surface area contributed by atoms with Crippen molar-refractivity contribution in [3.8, 4) is 11.3 Å². The average molecular weight is 442 g/mol. The number of carbonyl (C=O) groups is 2. The lowest BCUT2D eigenvalue weighted by Gasteiger charge is -2.36. The first-order chi connectivity index (χ1) is 14.1. The van der Waals surface area contributed by atoms with Crippen LogP contribution < -0.4 is 10.6 Å². The largest absolute Gasteiger partial charge is 0.366 e. The Hall–Kier alpha value is -2.89. The maximum atomic E-state index is 13.5. The third-order valence-corrected chi connectivity index (χ3v) is 5.15. The molecule has 0 atom stereocenters. The molecule has 0 bridgehead atoms. The normalized spacial score (nSPS) is 11.2. The molecule has 3 rings (SSSR count). The van der Waals surface area contributed by atoms with Crippen molar-refractivity contribution < 1.29 is 9.59 Å². The van der Waals surface area contributed by atoms with E-state index in [1.54, 1.807) is 23.2 Å². The fourth-order valence-corrected chi connectivity index (χ4v) is 3.62. The second kappa shape index (κ2) is 8.46. The van der Waals surface area contributed by atoms with Crippen molar-refractivity contribution in [2.75, 3.05) is 4.90 Å². The number of aromatic nitrogens is 1. The zero-order valence-electron chi connectivity index (χ0n) is 16.8. The summed E-state index contributed by atoms with van der Waals surface area (Å²) in [7, 11) is 0. The van der Waals surface area contributed by atoms with Gasteiger partial charge in [0, 0.05) is 28.6 Å². The Kier molecular flexibility index (Phi) is 6.15. The minimum atomic E-state index is -0.610. The van der Waals surface area contributed by atoms with E-state index in [0.29, 0.717) is 22.0 Å². The number of nitrogens with zero attached hydrogens (tertiary/aromatic N) is 2. The lowest BCUT2D eigenvalue weighted by molar-refractivity contribution is 0.0962. The molecule has 30 heavy (non-hydrogen) atoms. The van der Waals surface area contributed by atoms with Crippen molar-refractivity contribution in [2.45, 2.75) is 26.3 Å². The van der Waals surface area contributed by atoms with Crippen LogP contribution in [0.4, 0.5) is 5.69 Å². The maximum absolute atomic E-state index is 13.5. The molecule has 0 unspecified atom stereocenters. The first-order valence-electron chi connectivity index (χ1n) is 9.24. The molecular weight excluding hydrogens is 421 g/mol. The molecule has 7 heteroatoms. The molecular formula is C23H21Cl2N3O2. The Bertz CT molecular complexity index is 1110. The molecule has 3 aromatic rings. The molecule has 2 amide bonds. The summed E-state index contributed by atoms with van der Waals surface area (Å²) in [6, 6.07) is 15.3. The number of rotatable bonds is 4. The van der Waals surface area contributed by atoms with Crippen molar-refractivity contribution in [3.63, 3.8) is 0 Å². The van der Waals surface area contributed by atoms with Gasteiger partial charge in [-0.1, -0.05) is 29.3 Å². The number of nitrogens with two attached hydrogens (primary N) is 1. The number of benzene rings is 2. The number of halogens is 2. The molecule has 0 aliphatic carbocycles. The Morgan fingerprint density at radius 3 is 2.27 bits per heavy atom. The minimum absolute atomic E-state index is 0.157. The van der Waals surface area contributed by atoms with E-state index in [4.69, 9.17) is 28.9 Å². The zero-order valence-corrected chi connectivity index (χ0v) is 18.3. The van der Waals surface area contributed by atoms with Gasteiger partial charge in [-0.15, -0.1) is 0 Å². The quantitative estimate of drug-likeness (QED) is 0.572. The van der Waals surface area contributed by atoms with Gasteiger partial charge >= 0.3 is 0 Å². The van der Waals surface area contributed by atoms with Crippen LogP contribution in [0.5, 0.6) is 0 Å². The lowest BCUT2D eigenvalue weighted by atomic mass is 10.0. The second-order valence-corrected chi connectivity index (χ2v) is 8.56. The van der Waals surface area contributed by atoms with Crippen molar-refractivity contribution in [3.05, 3.63) is 82.0 Å². The highest BCUT2D eigenvalue weighted by Crippen LogP contribution is 2.35. The Morgan fingerprint density at radius 1 is 0.967 bits per heavy atom. The number of hydrogen-bond donors (Lipinski definition) is 1. The topological polar surface area (TPSA) is 76.3 Å². The number of primary amides is 1. The molecule has 1 heterocycles. The fraction of sp³-hybridized carbons (Fsp3) is 0.174. The highest BCUT2D eigenvalue weighted by Gasteiger charge is 2.31. The Balaban J connectivity index is 2.10. The van der Waals surface area contributed by atoms with Gasteiger partial charge in [-0.05, 0) is 69.3 Å². The van der Waals surface area contributed by atoms with Crippen LogP contribution >= 0.6 is 23.2 Å². The van der Waals surface area contributed by atoms with Crippen molar-refractivity contribution in [2.24, 2.45) is 5.73 Å². The van der Waals surface area contributed by atoms with Crippen LogP contribution in [-0.2, 0) is 0 Å². The van der Waals surface area contributed by atoms with Gasteiger partial charge in [-0.3, -0.25) is 14.6 Å². The molecule has 0 radical (unpaired) electrons. The van der Waals surface area contributed by atoms with Crippen molar-refractivity contribution >= 4 is 40.7 Å². The third kappa shape index (κ3) is 4.48. The zero-order chi connectivity index (χ0) is 22.1. The van der Waals surface area contributed by atoms with E-state index in [-0.39, 0.29) is 22.1 Å². The van der Waals surface area contributed by atoms with Gasteiger partial charge in [0.2, 0.25) is 5.91 Å². The molecule has 0 saturated carbocycles. The molecule has 2 N–H and O–H groups in total. The lowest BCUT2D eigenvalue weighted by Crippen LogP contribution is -2.46. The summed E-state index contributed by atoms with van der Waals surface area (Å²) in [6.45, 7) is 5.77. The first-order valence-corrected chi connectivity index (χ1v) is 10.00. The number of hydrogen-bond acceptors (Lipinski definition) is 3. The van der Waals surface area contributed by atoms with E-state index < -0.39 is 11.4 Å². The summed E-state index contributed by atoms with van der Waals surface area (Å²) >= 11 is 12.7. The van der Waals surface area contributed by atoms with Gasteiger partial charge in [0.25, 0.3) is 5.91 Å². The fourth-order valence-electron chi connectivity index (χ4n) is 3.14. The Labute approximate surface area is 185 Å². The van der Waals surface area contributed by atoms with Crippen LogP contribution in [-0.4, -0.2) is 22.3 Å². The van der Waals surface area contributed by atoms with Crippen LogP contribution in [0.2, 0.25) is 10.0 Å². The van der Waals surface area contributed by atoms with Gasteiger partial charge in [-0.25, -0.2) is 0 Å². The summed E-state index contributed by atoms with van der Waals surface area (Å²) in [5, 5.41) is 0.687. The molecule has 0 saturated heterocycles. The van der Waals surface area contributed by atoms with Gasteiger partial charge in [0.1, 0.15) is 0 Å². The van der Waals surface area contributed by atoms with Crippen LogP contribution in [0.25, 0.3) is 11.3 Å². The van der Waals surface area contributed by atoms with Crippen molar-refractivity contribution in [1.82, 2.24) is 4.98 Å². The van der Waals surface area contributed by atoms with Gasteiger partial charge < -0.3 is 10.6 Å². The molecule has 0 spiro atoms. The van der Waals surface area contributed by atoms with Crippen LogP contribution in [0.15, 0.2) is 60.8 Å². The molecule has 5 nitrogen and oxygen atoms in total.